The molecule has 0 atom stereocenters. The smallest absolute Gasteiger partial charge is 0.251 e. The first-order chi connectivity index (χ1) is 15.9. The minimum Gasteiger partial charge on any atom is -1.00 e. The number of rotatable bonds is 6. The third-order valence-corrected chi connectivity index (χ3v) is 10.1. The minimum absolute atomic E-state index is 0. The highest BCUT2D eigenvalue weighted by Gasteiger charge is 2.45. The van der Waals surface area contributed by atoms with Gasteiger partial charge >= 0.3 is 0 Å². The standard InChI is InChI=1S/C30H30NOP.BrH/c1-30(2,3)31-29(32)25-21-19-24(20-22-25)23-33(26-13-7-4-8-14-26,27-15-9-5-10-16-27)28-17-11-6-12-18-28;/h4-22H,23H2,1-3H3;1H. The van der Waals surface area contributed by atoms with Crippen LogP contribution in [-0.4, -0.2) is 11.4 Å². The van der Waals surface area contributed by atoms with Crippen LogP contribution in [0.1, 0.15) is 36.7 Å². The quantitative estimate of drug-likeness (QED) is 0.381. The average molecular weight is 532 g/mol. The van der Waals surface area contributed by atoms with Crippen molar-refractivity contribution in [2.45, 2.75) is 32.5 Å². The predicted octanol–water partition coefficient (Wildman–Crippen LogP) is 2.71. The lowest BCUT2D eigenvalue weighted by atomic mass is 10.1. The lowest BCUT2D eigenvalue weighted by Gasteiger charge is -2.28. The molecule has 0 heterocycles. The Hall–Kier alpha value is -2.74. The summed E-state index contributed by atoms with van der Waals surface area (Å²) in [6.45, 7) is 5.99. The van der Waals surface area contributed by atoms with E-state index in [1.54, 1.807) is 0 Å². The predicted molar refractivity (Wildman–Crippen MR) is 143 cm³/mol. The highest BCUT2D eigenvalue weighted by molar-refractivity contribution is 7.95. The number of nitrogens with one attached hydrogen (secondary N) is 1. The van der Waals surface area contributed by atoms with Gasteiger partial charge in [-0.05, 0) is 74.9 Å². The van der Waals surface area contributed by atoms with Crippen LogP contribution in [-0.2, 0) is 6.16 Å². The molecule has 0 unspecified atom stereocenters. The first-order valence-corrected chi connectivity index (χ1v) is 13.3. The van der Waals surface area contributed by atoms with Crippen LogP contribution in [0.15, 0.2) is 115 Å². The normalized spacial score (nSPS) is 11.4. The van der Waals surface area contributed by atoms with Crippen molar-refractivity contribution in [3.63, 3.8) is 0 Å². The largest absolute Gasteiger partial charge is 1.00 e. The fourth-order valence-electron chi connectivity index (χ4n) is 4.22. The maximum absolute atomic E-state index is 12.6. The zero-order valence-electron chi connectivity index (χ0n) is 19.9. The SMILES string of the molecule is CC(C)(C)NC(=O)c1ccc(C[P+](c2ccccc2)(c2ccccc2)c2ccccc2)cc1.[Br-]. The Labute approximate surface area is 214 Å². The fraction of sp³-hybridized carbons (Fsp3) is 0.167. The molecule has 0 bridgehead atoms. The van der Waals surface area contributed by atoms with E-state index in [-0.39, 0.29) is 28.4 Å². The highest BCUT2D eigenvalue weighted by atomic mass is 79.9. The molecule has 4 rings (SSSR count). The van der Waals surface area contributed by atoms with E-state index in [4.69, 9.17) is 0 Å². The Bertz CT molecular complexity index is 1090. The van der Waals surface area contributed by atoms with Gasteiger partial charge in [0.05, 0.1) is 6.16 Å². The van der Waals surface area contributed by atoms with Gasteiger partial charge in [-0.2, -0.15) is 0 Å². The summed E-state index contributed by atoms with van der Waals surface area (Å²) in [7, 11) is -1.95. The van der Waals surface area contributed by atoms with Crippen molar-refractivity contribution in [1.29, 1.82) is 0 Å². The second kappa shape index (κ2) is 11.1. The van der Waals surface area contributed by atoms with Crippen LogP contribution in [0, 0.1) is 0 Å². The van der Waals surface area contributed by atoms with Gasteiger partial charge in [0.15, 0.2) is 0 Å². The van der Waals surface area contributed by atoms with E-state index >= 15 is 0 Å². The molecule has 0 fully saturated rings. The molecule has 0 aliphatic heterocycles. The summed E-state index contributed by atoms with van der Waals surface area (Å²) < 4.78 is 0. The van der Waals surface area contributed by atoms with Crippen molar-refractivity contribution < 1.29 is 21.8 Å². The monoisotopic (exact) mass is 531 g/mol. The van der Waals surface area contributed by atoms with Gasteiger partial charge in [0.1, 0.15) is 23.2 Å². The lowest BCUT2D eigenvalue weighted by Crippen LogP contribution is -3.00. The molecule has 2 nitrogen and oxygen atoms in total. The summed E-state index contributed by atoms with van der Waals surface area (Å²) in [5, 5.41) is 7.12. The molecule has 1 amide bonds. The molecule has 4 aromatic carbocycles. The van der Waals surface area contributed by atoms with Gasteiger partial charge in [0, 0.05) is 11.1 Å². The maximum Gasteiger partial charge on any atom is 0.251 e. The third kappa shape index (κ3) is 5.84. The number of hydrogen-bond donors (Lipinski definition) is 1. The van der Waals surface area contributed by atoms with Gasteiger partial charge in [-0.1, -0.05) is 66.7 Å². The average Bonchev–Trinajstić information content (AvgIpc) is 2.83. The summed E-state index contributed by atoms with van der Waals surface area (Å²) in [6, 6.07) is 40.8. The van der Waals surface area contributed by atoms with Crippen molar-refractivity contribution in [2.75, 3.05) is 0 Å². The Morgan fingerprint density at radius 3 is 1.38 bits per heavy atom. The van der Waals surface area contributed by atoms with E-state index in [0.29, 0.717) is 5.56 Å². The third-order valence-electron chi connectivity index (χ3n) is 5.72. The maximum atomic E-state index is 12.6. The number of benzene rings is 4. The van der Waals surface area contributed by atoms with Crippen LogP contribution in [0.2, 0.25) is 0 Å². The zero-order chi connectivity index (χ0) is 23.3. The lowest BCUT2D eigenvalue weighted by molar-refractivity contribution is -0.0000169. The van der Waals surface area contributed by atoms with Crippen molar-refractivity contribution in [3.8, 4) is 0 Å². The molecule has 0 aromatic heterocycles. The van der Waals surface area contributed by atoms with Gasteiger partial charge in [-0.25, -0.2) is 0 Å². The zero-order valence-corrected chi connectivity index (χ0v) is 22.4. The Balaban J connectivity index is 0.00000324. The van der Waals surface area contributed by atoms with Crippen molar-refractivity contribution in [3.05, 3.63) is 126 Å². The van der Waals surface area contributed by atoms with Crippen molar-refractivity contribution in [1.82, 2.24) is 5.32 Å². The molecule has 4 aromatic rings. The van der Waals surface area contributed by atoms with E-state index in [0.717, 1.165) is 6.16 Å². The number of hydrogen-bond acceptors (Lipinski definition) is 1. The number of amides is 1. The molecule has 0 spiro atoms. The molecule has 174 valence electrons. The van der Waals surface area contributed by atoms with Crippen LogP contribution in [0.25, 0.3) is 0 Å². The molecule has 0 aliphatic carbocycles. The Morgan fingerprint density at radius 1 is 0.647 bits per heavy atom. The summed E-state index contributed by atoms with van der Waals surface area (Å²) >= 11 is 0. The summed E-state index contributed by atoms with van der Waals surface area (Å²) in [6.07, 6.45) is 0.895. The molecule has 0 saturated heterocycles. The fourth-order valence-corrected chi connectivity index (χ4v) is 8.46. The number of halogens is 1. The van der Waals surface area contributed by atoms with Crippen LogP contribution < -0.4 is 38.2 Å². The first kappa shape index (κ1) is 25.9. The van der Waals surface area contributed by atoms with Gasteiger partial charge in [-0.15, -0.1) is 0 Å². The molecular weight excluding hydrogens is 501 g/mol. The highest BCUT2D eigenvalue weighted by Crippen LogP contribution is 2.58. The van der Waals surface area contributed by atoms with Crippen molar-refractivity contribution >= 4 is 29.1 Å². The van der Waals surface area contributed by atoms with Crippen LogP contribution >= 0.6 is 7.26 Å². The van der Waals surface area contributed by atoms with Gasteiger partial charge in [0.25, 0.3) is 5.91 Å². The molecular formula is C30H31BrNOP. The minimum atomic E-state index is -1.95. The summed E-state index contributed by atoms with van der Waals surface area (Å²) in [5.41, 5.74) is 1.66. The first-order valence-electron chi connectivity index (χ1n) is 11.3. The van der Waals surface area contributed by atoms with Crippen LogP contribution in [0.5, 0.6) is 0 Å². The van der Waals surface area contributed by atoms with Crippen LogP contribution in [0.3, 0.4) is 0 Å². The molecule has 4 heteroatoms. The van der Waals surface area contributed by atoms with E-state index in [2.05, 4.69) is 108 Å². The molecule has 0 radical (unpaired) electrons. The van der Waals surface area contributed by atoms with E-state index in [9.17, 15) is 4.79 Å². The van der Waals surface area contributed by atoms with Crippen LogP contribution in [0.4, 0.5) is 0 Å². The van der Waals surface area contributed by atoms with E-state index < -0.39 is 7.26 Å². The summed E-state index contributed by atoms with van der Waals surface area (Å²) in [4.78, 5) is 12.6. The Kier molecular flexibility index (Phi) is 8.47. The Morgan fingerprint density at radius 2 is 1.03 bits per heavy atom. The number of carbonyl (C=O) groups is 1. The molecule has 0 saturated carbocycles. The summed E-state index contributed by atoms with van der Waals surface area (Å²) in [5.74, 6) is -0.0377. The molecule has 0 aliphatic rings. The van der Waals surface area contributed by atoms with Gasteiger partial charge < -0.3 is 22.3 Å². The van der Waals surface area contributed by atoms with Gasteiger partial charge in [0.2, 0.25) is 0 Å². The molecule has 1 N–H and O–H groups in total. The van der Waals surface area contributed by atoms with E-state index in [1.807, 2.05) is 32.9 Å². The van der Waals surface area contributed by atoms with Gasteiger partial charge in [-0.3, -0.25) is 4.79 Å². The van der Waals surface area contributed by atoms with Crippen molar-refractivity contribution in [2.24, 2.45) is 0 Å². The number of carbonyl (C=O) groups excluding carboxylic acids is 1. The topological polar surface area (TPSA) is 29.1 Å². The second-order valence-electron chi connectivity index (χ2n) is 9.38. The molecule has 34 heavy (non-hydrogen) atoms. The van der Waals surface area contributed by atoms with E-state index in [1.165, 1.54) is 21.5 Å². The second-order valence-corrected chi connectivity index (χ2v) is 12.9.